The van der Waals surface area contributed by atoms with Gasteiger partial charge < -0.3 is 10.1 Å². The number of amides is 1. The summed E-state index contributed by atoms with van der Waals surface area (Å²) >= 11 is 3.45. The fraction of sp³-hybridized carbons (Fsp3) is 0.769. The van der Waals surface area contributed by atoms with Crippen LogP contribution in [-0.2, 0) is 9.53 Å². The summed E-state index contributed by atoms with van der Waals surface area (Å²) in [6.07, 6.45) is 4.15. The van der Waals surface area contributed by atoms with Crippen molar-refractivity contribution in [1.29, 1.82) is 0 Å². The largest absolute Gasteiger partial charge is 0.369 e. The molecular weight excluding hydrogens is 324 g/mol. The molecule has 0 radical (unpaired) electrons. The van der Waals surface area contributed by atoms with Gasteiger partial charge in [0.15, 0.2) is 0 Å². The third kappa shape index (κ3) is 4.81. The van der Waals surface area contributed by atoms with Crippen molar-refractivity contribution in [3.05, 3.63) is 21.0 Å². The number of rotatable bonds is 6. The third-order valence-electron chi connectivity index (χ3n) is 3.35. The number of azide groups is 1. The maximum atomic E-state index is 11.4. The average Bonchev–Trinajstić information content (AvgIpc) is 2.39. The second-order valence-electron chi connectivity index (χ2n) is 4.86. The van der Waals surface area contributed by atoms with Crippen molar-refractivity contribution >= 4 is 21.8 Å². The lowest BCUT2D eigenvalue weighted by molar-refractivity contribution is -0.121. The van der Waals surface area contributed by atoms with E-state index in [0.29, 0.717) is 6.42 Å². The molecule has 3 unspecified atom stereocenters. The Kier molecular flexibility index (Phi) is 7.05. The first-order chi connectivity index (χ1) is 9.51. The van der Waals surface area contributed by atoms with Crippen LogP contribution in [0.2, 0.25) is 0 Å². The number of hydrogen-bond acceptors (Lipinski definition) is 3. The van der Waals surface area contributed by atoms with Gasteiger partial charge in [0.1, 0.15) is 0 Å². The van der Waals surface area contributed by atoms with Gasteiger partial charge in [-0.15, -0.1) is 0 Å². The van der Waals surface area contributed by atoms with E-state index in [1.165, 1.54) is 6.92 Å². The Balaban J connectivity index is 2.97. The van der Waals surface area contributed by atoms with Crippen LogP contribution >= 0.6 is 15.9 Å². The lowest BCUT2D eigenvalue weighted by atomic mass is 9.93. The monoisotopic (exact) mass is 344 g/mol. The van der Waals surface area contributed by atoms with Crippen molar-refractivity contribution in [2.45, 2.75) is 64.3 Å². The molecule has 0 saturated carbocycles. The van der Waals surface area contributed by atoms with Crippen LogP contribution in [0, 0.1) is 0 Å². The normalized spacial score (nSPS) is 25.9. The predicted molar refractivity (Wildman–Crippen MR) is 81.4 cm³/mol. The van der Waals surface area contributed by atoms with Gasteiger partial charge in [-0.3, -0.25) is 4.79 Å². The zero-order valence-corrected chi connectivity index (χ0v) is 13.6. The van der Waals surface area contributed by atoms with Crippen LogP contribution in [0.3, 0.4) is 0 Å². The van der Waals surface area contributed by atoms with Gasteiger partial charge in [0.05, 0.1) is 24.3 Å². The summed E-state index contributed by atoms with van der Waals surface area (Å²) in [4.78, 5) is 14.3. The highest BCUT2D eigenvalue weighted by Crippen LogP contribution is 2.29. The number of carbonyl (C=O) groups excluding carboxylic acids is 1. The molecule has 7 heteroatoms. The van der Waals surface area contributed by atoms with E-state index in [-0.39, 0.29) is 30.2 Å². The van der Waals surface area contributed by atoms with Crippen molar-refractivity contribution in [2.24, 2.45) is 5.11 Å². The first kappa shape index (κ1) is 17.0. The zero-order valence-electron chi connectivity index (χ0n) is 12.0. The Morgan fingerprint density at radius 3 is 2.80 bits per heavy atom. The van der Waals surface area contributed by atoms with E-state index < -0.39 is 0 Å². The van der Waals surface area contributed by atoms with E-state index in [2.05, 4.69) is 45.1 Å². The molecule has 0 spiro atoms. The lowest BCUT2D eigenvalue weighted by Gasteiger charge is -2.35. The van der Waals surface area contributed by atoms with Crippen LogP contribution < -0.4 is 5.32 Å². The topological polar surface area (TPSA) is 87.1 Å². The summed E-state index contributed by atoms with van der Waals surface area (Å²) in [6, 6.07) is -0.673. The second kappa shape index (κ2) is 8.29. The Bertz CT molecular complexity index is 417. The van der Waals surface area contributed by atoms with Crippen LogP contribution in [0.25, 0.3) is 10.4 Å². The van der Waals surface area contributed by atoms with Crippen LogP contribution in [0.1, 0.15) is 40.0 Å². The Morgan fingerprint density at radius 2 is 2.30 bits per heavy atom. The smallest absolute Gasteiger partial charge is 0.217 e. The minimum Gasteiger partial charge on any atom is -0.369 e. The van der Waals surface area contributed by atoms with E-state index in [1.807, 2.05) is 6.08 Å². The molecule has 112 valence electrons. The maximum absolute atomic E-state index is 11.4. The fourth-order valence-electron chi connectivity index (χ4n) is 2.31. The molecule has 1 aliphatic rings. The Morgan fingerprint density at radius 1 is 1.65 bits per heavy atom. The highest BCUT2D eigenvalue weighted by Gasteiger charge is 2.34. The van der Waals surface area contributed by atoms with Crippen molar-refractivity contribution in [1.82, 2.24) is 5.32 Å². The molecule has 0 bridgehead atoms. The Hall–Kier alpha value is -1.04. The van der Waals surface area contributed by atoms with Gasteiger partial charge in [-0.1, -0.05) is 34.9 Å². The van der Waals surface area contributed by atoms with Crippen molar-refractivity contribution in [3.8, 4) is 0 Å². The molecule has 1 rings (SSSR count). The fourth-order valence-corrected chi connectivity index (χ4v) is 2.91. The third-order valence-corrected chi connectivity index (χ3v) is 3.94. The second-order valence-corrected chi connectivity index (χ2v) is 5.87. The number of hydrogen-bond donors (Lipinski definition) is 1. The van der Waals surface area contributed by atoms with Gasteiger partial charge >= 0.3 is 0 Å². The van der Waals surface area contributed by atoms with Gasteiger partial charge in [-0.05, 0) is 35.4 Å². The van der Waals surface area contributed by atoms with E-state index in [0.717, 1.165) is 17.3 Å². The number of halogens is 1. The van der Waals surface area contributed by atoms with Gasteiger partial charge in [0.25, 0.3) is 0 Å². The molecule has 20 heavy (non-hydrogen) atoms. The number of ether oxygens (including phenoxy) is 1. The molecule has 0 saturated heterocycles. The van der Waals surface area contributed by atoms with E-state index in [4.69, 9.17) is 10.3 Å². The molecule has 0 aromatic carbocycles. The summed E-state index contributed by atoms with van der Waals surface area (Å²) in [6.45, 7) is 5.58. The summed E-state index contributed by atoms with van der Waals surface area (Å²) < 4.78 is 6.98. The van der Waals surface area contributed by atoms with E-state index in [1.54, 1.807) is 0 Å². The molecule has 1 amide bonds. The van der Waals surface area contributed by atoms with Crippen LogP contribution in [0.5, 0.6) is 0 Å². The van der Waals surface area contributed by atoms with Gasteiger partial charge in [0, 0.05) is 11.8 Å². The first-order valence-electron chi connectivity index (χ1n) is 6.84. The number of nitrogens with one attached hydrogen (secondary N) is 1. The predicted octanol–water partition coefficient (Wildman–Crippen LogP) is 3.43. The van der Waals surface area contributed by atoms with Crippen LogP contribution in [0.4, 0.5) is 0 Å². The summed E-state index contributed by atoms with van der Waals surface area (Å²) in [5, 5.41) is 6.64. The summed E-state index contributed by atoms with van der Waals surface area (Å²) in [5.41, 5.74) is 8.69. The lowest BCUT2D eigenvalue weighted by Crippen LogP contribution is -2.52. The molecule has 0 aromatic heterocycles. The molecular formula is C13H21BrN4O2. The molecule has 0 aliphatic heterocycles. The molecule has 0 heterocycles. The highest BCUT2D eigenvalue weighted by molar-refractivity contribution is 9.11. The quantitative estimate of drug-likeness (QED) is 0.454. The molecule has 0 aromatic rings. The summed E-state index contributed by atoms with van der Waals surface area (Å²) in [5.74, 6) is -0.155. The maximum Gasteiger partial charge on any atom is 0.217 e. The number of carbonyl (C=O) groups is 1. The highest BCUT2D eigenvalue weighted by atomic mass is 79.9. The molecule has 0 fully saturated rings. The standard InChI is InChI=1S/C13H21BrN4O2/c1-4-10(5-2)20-12-7-9(14)6-11(17-18-15)13(12)16-8(3)19/h7,10-13H,4-6H2,1-3H3,(H,16,19). The van der Waals surface area contributed by atoms with Crippen LogP contribution in [-0.4, -0.2) is 30.2 Å². The summed E-state index contributed by atoms with van der Waals surface area (Å²) in [7, 11) is 0. The van der Waals surface area contributed by atoms with Crippen molar-refractivity contribution in [3.63, 3.8) is 0 Å². The average molecular weight is 345 g/mol. The molecule has 1 aliphatic carbocycles. The SMILES string of the molecule is CCC(CC)OC1C=C(Br)CC(N=[N+]=[N-])C1NC(C)=O. The van der Waals surface area contributed by atoms with Crippen LogP contribution in [0.15, 0.2) is 15.7 Å². The van der Waals surface area contributed by atoms with E-state index >= 15 is 0 Å². The molecule has 1 N–H and O–H groups in total. The molecule has 6 nitrogen and oxygen atoms in total. The minimum absolute atomic E-state index is 0.123. The van der Waals surface area contributed by atoms with Gasteiger partial charge in [-0.25, -0.2) is 0 Å². The molecule has 3 atom stereocenters. The Labute approximate surface area is 127 Å². The van der Waals surface area contributed by atoms with Gasteiger partial charge in [0.2, 0.25) is 5.91 Å². The first-order valence-corrected chi connectivity index (χ1v) is 7.64. The van der Waals surface area contributed by atoms with Crippen molar-refractivity contribution < 1.29 is 9.53 Å². The van der Waals surface area contributed by atoms with E-state index in [9.17, 15) is 4.79 Å². The minimum atomic E-state index is -0.345. The number of nitrogens with zero attached hydrogens (tertiary/aromatic N) is 3. The van der Waals surface area contributed by atoms with Crippen molar-refractivity contribution in [2.75, 3.05) is 0 Å². The zero-order chi connectivity index (χ0) is 15.1. The van der Waals surface area contributed by atoms with Gasteiger partial charge in [-0.2, -0.15) is 0 Å².